The van der Waals surface area contributed by atoms with Crippen LogP contribution < -0.4 is 15.8 Å². The normalized spacial score (nSPS) is 10.9. The standard InChI is InChI=1S/C15H24N4O5S/c1-6-22-12(20)9-10(16)18-13(25-5)19-11(9)23-8-7-17-14(21)24-15(2,3)4/h6-8H2,1-5H3,(H,17,21)(H2,16,18,19). The molecule has 0 atom stereocenters. The van der Waals surface area contributed by atoms with Crippen LogP contribution >= 0.6 is 11.8 Å². The molecule has 1 aromatic heterocycles. The molecule has 1 amide bonds. The third kappa shape index (κ3) is 7.04. The molecule has 0 saturated heterocycles. The summed E-state index contributed by atoms with van der Waals surface area (Å²) in [5.74, 6) is -0.669. The zero-order valence-corrected chi connectivity index (χ0v) is 15.9. The molecule has 1 rings (SSSR count). The summed E-state index contributed by atoms with van der Waals surface area (Å²) in [6, 6.07) is 0. The molecule has 1 heterocycles. The fourth-order valence-electron chi connectivity index (χ4n) is 1.64. The van der Waals surface area contributed by atoms with Gasteiger partial charge in [0, 0.05) is 0 Å². The summed E-state index contributed by atoms with van der Waals surface area (Å²) in [7, 11) is 0. The van der Waals surface area contributed by atoms with E-state index in [-0.39, 0.29) is 37.0 Å². The molecule has 0 fully saturated rings. The molecule has 1 aromatic rings. The molecule has 0 unspecified atom stereocenters. The first-order chi connectivity index (χ1) is 11.7. The Hall–Kier alpha value is -2.23. The maximum absolute atomic E-state index is 12.0. The van der Waals surface area contributed by atoms with Gasteiger partial charge in [-0.1, -0.05) is 11.8 Å². The molecule has 0 bridgehead atoms. The van der Waals surface area contributed by atoms with Gasteiger partial charge in [-0.3, -0.25) is 0 Å². The Balaban J connectivity index is 2.75. The minimum Gasteiger partial charge on any atom is -0.475 e. The van der Waals surface area contributed by atoms with Gasteiger partial charge >= 0.3 is 12.1 Å². The second kappa shape index (κ2) is 9.30. The number of hydrogen-bond acceptors (Lipinski definition) is 9. The highest BCUT2D eigenvalue weighted by atomic mass is 32.2. The first-order valence-corrected chi connectivity index (χ1v) is 8.88. The fraction of sp³-hybridized carbons (Fsp3) is 0.600. The van der Waals surface area contributed by atoms with Crippen molar-refractivity contribution in [2.75, 3.05) is 31.7 Å². The molecule has 25 heavy (non-hydrogen) atoms. The van der Waals surface area contributed by atoms with E-state index in [1.54, 1.807) is 34.0 Å². The number of hydrogen-bond donors (Lipinski definition) is 2. The molecular formula is C15H24N4O5S. The van der Waals surface area contributed by atoms with E-state index in [0.29, 0.717) is 5.16 Å². The Morgan fingerprint density at radius 1 is 1.28 bits per heavy atom. The highest BCUT2D eigenvalue weighted by Gasteiger charge is 2.22. The van der Waals surface area contributed by atoms with Gasteiger partial charge in [0.15, 0.2) is 10.7 Å². The van der Waals surface area contributed by atoms with Crippen LogP contribution in [0, 0.1) is 0 Å². The topological polar surface area (TPSA) is 126 Å². The number of nitrogens with one attached hydrogen (secondary N) is 1. The average molecular weight is 372 g/mol. The zero-order valence-electron chi connectivity index (χ0n) is 15.0. The Morgan fingerprint density at radius 2 is 1.96 bits per heavy atom. The second-order valence-electron chi connectivity index (χ2n) is 5.77. The number of nitrogens with two attached hydrogens (primary N) is 1. The van der Waals surface area contributed by atoms with Gasteiger partial charge in [0.25, 0.3) is 0 Å². The van der Waals surface area contributed by atoms with Crippen LogP contribution in [0.15, 0.2) is 5.16 Å². The summed E-state index contributed by atoms with van der Waals surface area (Å²) in [4.78, 5) is 31.7. The summed E-state index contributed by atoms with van der Waals surface area (Å²) < 4.78 is 15.6. The number of esters is 1. The Kier molecular flexibility index (Phi) is 7.75. The van der Waals surface area contributed by atoms with E-state index in [4.69, 9.17) is 19.9 Å². The molecular weight excluding hydrogens is 348 g/mol. The van der Waals surface area contributed by atoms with Crippen molar-refractivity contribution >= 4 is 29.6 Å². The first kappa shape index (κ1) is 20.8. The molecule has 10 heteroatoms. The highest BCUT2D eigenvalue weighted by molar-refractivity contribution is 7.98. The number of thioether (sulfide) groups is 1. The number of amides is 1. The fourth-order valence-corrected chi connectivity index (χ4v) is 2.01. The van der Waals surface area contributed by atoms with Gasteiger partial charge in [-0.25, -0.2) is 14.6 Å². The molecule has 0 aliphatic carbocycles. The van der Waals surface area contributed by atoms with Crippen molar-refractivity contribution in [3.8, 4) is 5.88 Å². The van der Waals surface area contributed by atoms with Crippen LogP contribution in [0.2, 0.25) is 0 Å². The van der Waals surface area contributed by atoms with Crippen LogP contribution in [-0.2, 0) is 9.47 Å². The van der Waals surface area contributed by atoms with Gasteiger partial charge in [-0.05, 0) is 34.0 Å². The van der Waals surface area contributed by atoms with E-state index in [1.807, 2.05) is 0 Å². The van der Waals surface area contributed by atoms with Crippen LogP contribution in [0.5, 0.6) is 5.88 Å². The monoisotopic (exact) mass is 372 g/mol. The molecule has 0 aromatic carbocycles. The van der Waals surface area contributed by atoms with Crippen molar-refractivity contribution in [3.05, 3.63) is 5.56 Å². The van der Waals surface area contributed by atoms with Crippen molar-refractivity contribution in [1.29, 1.82) is 0 Å². The summed E-state index contributed by atoms with van der Waals surface area (Å²) in [6.45, 7) is 7.39. The van der Waals surface area contributed by atoms with Crippen molar-refractivity contribution < 1.29 is 23.8 Å². The zero-order chi connectivity index (χ0) is 19.0. The van der Waals surface area contributed by atoms with Gasteiger partial charge in [0.05, 0.1) is 13.2 Å². The molecule has 9 nitrogen and oxygen atoms in total. The van der Waals surface area contributed by atoms with Crippen LogP contribution in [0.4, 0.5) is 10.6 Å². The number of carbonyl (C=O) groups excluding carboxylic acids is 2. The summed E-state index contributed by atoms with van der Waals surface area (Å²) in [5.41, 5.74) is 5.20. The number of alkyl carbamates (subject to hydrolysis) is 1. The van der Waals surface area contributed by atoms with Gasteiger partial charge < -0.3 is 25.3 Å². The summed E-state index contributed by atoms with van der Waals surface area (Å²) in [6.07, 6.45) is 1.21. The number of ether oxygens (including phenoxy) is 3. The van der Waals surface area contributed by atoms with Crippen molar-refractivity contribution in [2.24, 2.45) is 0 Å². The molecule has 3 N–H and O–H groups in total. The Morgan fingerprint density at radius 3 is 2.52 bits per heavy atom. The van der Waals surface area contributed by atoms with Crippen LogP contribution in [0.3, 0.4) is 0 Å². The minimum absolute atomic E-state index is 0.0151. The lowest BCUT2D eigenvalue weighted by atomic mass is 10.2. The van der Waals surface area contributed by atoms with Crippen molar-refractivity contribution in [1.82, 2.24) is 15.3 Å². The van der Waals surface area contributed by atoms with E-state index in [1.165, 1.54) is 11.8 Å². The molecule has 0 spiro atoms. The van der Waals surface area contributed by atoms with E-state index in [0.717, 1.165) is 0 Å². The van der Waals surface area contributed by atoms with E-state index in [2.05, 4.69) is 15.3 Å². The van der Waals surface area contributed by atoms with E-state index < -0.39 is 17.7 Å². The Bertz CT molecular complexity index is 619. The van der Waals surface area contributed by atoms with E-state index in [9.17, 15) is 9.59 Å². The highest BCUT2D eigenvalue weighted by Crippen LogP contribution is 2.25. The molecule has 0 aliphatic rings. The lowest BCUT2D eigenvalue weighted by Crippen LogP contribution is -2.34. The van der Waals surface area contributed by atoms with Gasteiger partial charge in [-0.15, -0.1) is 0 Å². The van der Waals surface area contributed by atoms with Crippen LogP contribution in [0.25, 0.3) is 0 Å². The number of nitrogen functional groups attached to an aromatic ring is 1. The number of anilines is 1. The van der Waals surface area contributed by atoms with Crippen LogP contribution in [-0.4, -0.2) is 53.6 Å². The Labute approximate surface area is 151 Å². The second-order valence-corrected chi connectivity index (χ2v) is 6.55. The predicted molar refractivity (Wildman–Crippen MR) is 93.9 cm³/mol. The molecule has 0 aliphatic heterocycles. The van der Waals surface area contributed by atoms with Gasteiger partial charge in [0.1, 0.15) is 18.0 Å². The number of nitrogens with zero attached hydrogens (tertiary/aromatic N) is 2. The SMILES string of the molecule is CCOC(=O)c1c(N)nc(SC)nc1OCCNC(=O)OC(C)(C)C. The third-order valence-corrected chi connectivity index (χ3v) is 3.10. The van der Waals surface area contributed by atoms with Crippen molar-refractivity contribution in [3.63, 3.8) is 0 Å². The lowest BCUT2D eigenvalue weighted by Gasteiger charge is -2.19. The predicted octanol–water partition coefficient (Wildman–Crippen LogP) is 1.86. The average Bonchev–Trinajstić information content (AvgIpc) is 2.49. The molecule has 140 valence electrons. The summed E-state index contributed by atoms with van der Waals surface area (Å²) >= 11 is 1.26. The maximum Gasteiger partial charge on any atom is 0.407 e. The number of rotatable bonds is 7. The quantitative estimate of drug-likeness (QED) is 0.319. The molecule has 0 radical (unpaired) electrons. The summed E-state index contributed by atoms with van der Waals surface area (Å²) in [5, 5.41) is 2.91. The van der Waals surface area contributed by atoms with Crippen LogP contribution in [0.1, 0.15) is 38.1 Å². The number of aromatic nitrogens is 2. The minimum atomic E-state index is -0.664. The number of carbonyl (C=O) groups is 2. The van der Waals surface area contributed by atoms with Gasteiger partial charge in [-0.2, -0.15) is 4.98 Å². The molecule has 0 saturated carbocycles. The first-order valence-electron chi connectivity index (χ1n) is 7.66. The largest absolute Gasteiger partial charge is 0.475 e. The maximum atomic E-state index is 12.0. The third-order valence-electron chi connectivity index (χ3n) is 2.55. The van der Waals surface area contributed by atoms with E-state index >= 15 is 0 Å². The lowest BCUT2D eigenvalue weighted by molar-refractivity contribution is 0.0500. The van der Waals surface area contributed by atoms with Crippen molar-refractivity contribution in [2.45, 2.75) is 38.5 Å². The smallest absolute Gasteiger partial charge is 0.407 e. The van der Waals surface area contributed by atoms with Gasteiger partial charge in [0.2, 0.25) is 5.88 Å².